The van der Waals surface area contributed by atoms with Gasteiger partial charge in [0.25, 0.3) is 0 Å². The molecule has 1 aliphatic rings. The van der Waals surface area contributed by atoms with Crippen LogP contribution >= 0.6 is 0 Å². The van der Waals surface area contributed by atoms with E-state index in [0.29, 0.717) is 11.4 Å². The van der Waals surface area contributed by atoms with E-state index in [0.717, 1.165) is 66.0 Å². The van der Waals surface area contributed by atoms with Crippen molar-refractivity contribution in [2.24, 2.45) is 0 Å². The Morgan fingerprint density at radius 3 is 2.69 bits per heavy atom. The lowest BCUT2D eigenvalue weighted by Gasteiger charge is -2.28. The zero-order valence-electron chi connectivity index (χ0n) is 18.5. The van der Waals surface area contributed by atoms with Crippen LogP contribution in [-0.2, 0) is 6.54 Å². The molecular formula is C26H28N4O2. The normalized spacial score (nSPS) is 14.9. The number of aryl methyl sites for hydroxylation is 1. The fraction of sp³-hybridized carbons (Fsp3) is 0.308. The minimum absolute atomic E-state index is 0.233. The molecule has 0 saturated carbocycles. The smallest absolute Gasteiger partial charge is 0.228 e. The lowest BCUT2D eigenvalue weighted by Crippen LogP contribution is -2.31. The van der Waals surface area contributed by atoms with E-state index in [1.807, 2.05) is 28.8 Å². The van der Waals surface area contributed by atoms with Gasteiger partial charge in [0.15, 0.2) is 0 Å². The molecule has 2 aromatic heterocycles. The Morgan fingerprint density at radius 2 is 1.91 bits per heavy atom. The zero-order valence-corrected chi connectivity index (χ0v) is 18.5. The number of nitrogens with zero attached hydrogens (tertiary/aromatic N) is 3. The third-order valence-corrected chi connectivity index (χ3v) is 6.39. The molecule has 3 heterocycles. The molecule has 5 rings (SSSR count). The highest BCUT2D eigenvalue weighted by atomic mass is 16.5. The molecule has 0 fully saturated rings. The summed E-state index contributed by atoms with van der Waals surface area (Å²) < 4.78 is 14.1. The number of furan rings is 1. The molecule has 0 unspecified atom stereocenters. The Labute approximate surface area is 187 Å². The minimum atomic E-state index is -0.233. The van der Waals surface area contributed by atoms with Crippen LogP contribution < -0.4 is 10.2 Å². The Hall–Kier alpha value is -3.38. The van der Waals surface area contributed by atoms with Crippen molar-refractivity contribution in [1.82, 2.24) is 14.5 Å². The van der Waals surface area contributed by atoms with Gasteiger partial charge >= 0.3 is 0 Å². The summed E-state index contributed by atoms with van der Waals surface area (Å²) in [7, 11) is 0. The zero-order chi connectivity index (χ0) is 22.1. The summed E-state index contributed by atoms with van der Waals surface area (Å²) in [5.74, 6) is 1.84. The molecule has 0 saturated heterocycles. The van der Waals surface area contributed by atoms with E-state index in [4.69, 9.17) is 14.6 Å². The highest BCUT2D eigenvalue weighted by Gasteiger charge is 2.34. The first-order valence-corrected chi connectivity index (χ1v) is 11.3. The van der Waals surface area contributed by atoms with E-state index in [9.17, 15) is 0 Å². The van der Waals surface area contributed by atoms with Crippen molar-refractivity contribution >= 4 is 10.8 Å². The number of benzene rings is 2. The maximum Gasteiger partial charge on any atom is 0.228 e. The summed E-state index contributed by atoms with van der Waals surface area (Å²) in [5.41, 5.74) is 2.19. The van der Waals surface area contributed by atoms with Gasteiger partial charge in [-0.3, -0.25) is 5.41 Å². The van der Waals surface area contributed by atoms with Crippen LogP contribution in [0.3, 0.4) is 0 Å². The van der Waals surface area contributed by atoms with Gasteiger partial charge in [-0.15, -0.1) is 0 Å². The summed E-state index contributed by atoms with van der Waals surface area (Å²) in [6.07, 6.45) is 4.38. The number of nitrogens with one attached hydrogen (secondary N) is 1. The number of rotatable bonds is 7. The van der Waals surface area contributed by atoms with Gasteiger partial charge in [-0.2, -0.15) is 0 Å². The van der Waals surface area contributed by atoms with Crippen LogP contribution in [0.2, 0.25) is 0 Å². The van der Waals surface area contributed by atoms with Crippen LogP contribution in [-0.4, -0.2) is 34.1 Å². The summed E-state index contributed by atoms with van der Waals surface area (Å²) >= 11 is 0. The quantitative estimate of drug-likeness (QED) is 0.390. The lowest BCUT2D eigenvalue weighted by molar-refractivity contribution is 0.291. The molecule has 0 radical (unpaired) electrons. The number of hydrogen-bond donors (Lipinski definition) is 1. The highest BCUT2D eigenvalue weighted by molar-refractivity contribution is 5.91. The van der Waals surface area contributed by atoms with Crippen molar-refractivity contribution in [1.29, 1.82) is 5.41 Å². The second-order valence-corrected chi connectivity index (χ2v) is 8.14. The summed E-state index contributed by atoms with van der Waals surface area (Å²) in [6, 6.07) is 16.2. The second kappa shape index (κ2) is 8.63. The standard InChI is InChI=1S/C26H28N4O2/c1-3-29(4-2)14-8-15-30-17-28-26-23(25(30)27)22(21-11-7-16-31-21)20-13-12-18-9-5-6-10-19(18)24(20)32-26/h5-7,9-13,16-17,22,27H,3-4,8,14-15H2,1-2H3/t22-/m1/s1. The molecule has 1 atom stereocenters. The molecule has 1 N–H and O–H groups in total. The number of ether oxygens (including phenoxy) is 1. The molecule has 32 heavy (non-hydrogen) atoms. The van der Waals surface area contributed by atoms with Crippen LogP contribution in [0.15, 0.2) is 65.5 Å². The maximum atomic E-state index is 9.03. The number of fused-ring (bicyclic) bond motifs is 4. The van der Waals surface area contributed by atoms with E-state index >= 15 is 0 Å². The summed E-state index contributed by atoms with van der Waals surface area (Å²) in [6.45, 7) is 8.18. The Kier molecular flexibility index (Phi) is 5.53. The topological polar surface area (TPSA) is 67.3 Å². The Bertz CT molecular complexity index is 1290. The van der Waals surface area contributed by atoms with Gasteiger partial charge in [0, 0.05) is 17.5 Å². The third kappa shape index (κ3) is 3.50. The minimum Gasteiger partial charge on any atom is -0.468 e. The Morgan fingerprint density at radius 1 is 1.06 bits per heavy atom. The average Bonchev–Trinajstić information content (AvgIpc) is 3.36. The van der Waals surface area contributed by atoms with Crippen LogP contribution in [0, 0.1) is 5.41 Å². The molecule has 2 aromatic carbocycles. The van der Waals surface area contributed by atoms with Crippen molar-refractivity contribution in [3.8, 4) is 11.6 Å². The first-order chi connectivity index (χ1) is 15.7. The van der Waals surface area contributed by atoms with E-state index in [-0.39, 0.29) is 5.92 Å². The molecule has 164 valence electrons. The number of aromatic nitrogens is 2. The van der Waals surface area contributed by atoms with Crippen molar-refractivity contribution < 1.29 is 9.15 Å². The molecule has 0 bridgehead atoms. The monoisotopic (exact) mass is 428 g/mol. The van der Waals surface area contributed by atoms with Gasteiger partial charge in [-0.05, 0) is 43.6 Å². The van der Waals surface area contributed by atoms with Crippen molar-refractivity contribution in [3.63, 3.8) is 0 Å². The molecular weight excluding hydrogens is 400 g/mol. The maximum absolute atomic E-state index is 9.03. The summed E-state index contributed by atoms with van der Waals surface area (Å²) in [4.78, 5) is 7.04. The molecule has 6 heteroatoms. The second-order valence-electron chi connectivity index (χ2n) is 8.14. The summed E-state index contributed by atoms with van der Waals surface area (Å²) in [5, 5.41) is 11.2. The van der Waals surface area contributed by atoms with Crippen molar-refractivity contribution in [2.45, 2.75) is 32.7 Å². The first-order valence-electron chi connectivity index (χ1n) is 11.3. The van der Waals surface area contributed by atoms with E-state index in [1.165, 1.54) is 0 Å². The molecule has 0 aliphatic carbocycles. The van der Waals surface area contributed by atoms with Crippen LogP contribution in [0.25, 0.3) is 10.8 Å². The predicted molar refractivity (Wildman–Crippen MR) is 124 cm³/mol. The SMILES string of the molecule is CCN(CC)CCCn1cnc2c(c1=N)[C@@H](c1ccco1)c1ccc3ccccc3c1O2. The van der Waals surface area contributed by atoms with Crippen LogP contribution in [0.4, 0.5) is 0 Å². The lowest BCUT2D eigenvalue weighted by atomic mass is 9.86. The van der Waals surface area contributed by atoms with Gasteiger partial charge in [0.1, 0.15) is 23.3 Å². The van der Waals surface area contributed by atoms with Gasteiger partial charge < -0.3 is 18.6 Å². The van der Waals surface area contributed by atoms with Gasteiger partial charge in [-0.25, -0.2) is 4.98 Å². The molecule has 4 aromatic rings. The van der Waals surface area contributed by atoms with Gasteiger partial charge in [-0.1, -0.05) is 50.2 Å². The number of hydrogen-bond acceptors (Lipinski definition) is 5. The Balaban J connectivity index is 1.59. The molecule has 6 nitrogen and oxygen atoms in total. The van der Waals surface area contributed by atoms with E-state index in [1.54, 1.807) is 12.6 Å². The van der Waals surface area contributed by atoms with Gasteiger partial charge in [0.2, 0.25) is 5.88 Å². The van der Waals surface area contributed by atoms with E-state index < -0.39 is 0 Å². The van der Waals surface area contributed by atoms with Crippen molar-refractivity contribution in [2.75, 3.05) is 19.6 Å². The van der Waals surface area contributed by atoms with E-state index in [2.05, 4.69) is 48.0 Å². The fourth-order valence-corrected chi connectivity index (χ4v) is 4.63. The largest absolute Gasteiger partial charge is 0.468 e. The average molecular weight is 429 g/mol. The van der Waals surface area contributed by atoms with Crippen molar-refractivity contribution in [3.05, 3.63) is 83.5 Å². The molecule has 0 amide bonds. The van der Waals surface area contributed by atoms with Crippen LogP contribution in [0.5, 0.6) is 11.6 Å². The fourth-order valence-electron chi connectivity index (χ4n) is 4.63. The highest BCUT2D eigenvalue weighted by Crippen LogP contribution is 2.47. The van der Waals surface area contributed by atoms with Crippen LogP contribution in [0.1, 0.15) is 43.1 Å². The third-order valence-electron chi connectivity index (χ3n) is 6.39. The first kappa shape index (κ1) is 20.5. The molecule has 0 spiro atoms. The molecule has 1 aliphatic heterocycles. The van der Waals surface area contributed by atoms with Gasteiger partial charge in [0.05, 0.1) is 17.7 Å². The predicted octanol–water partition coefficient (Wildman–Crippen LogP) is 5.13.